The summed E-state index contributed by atoms with van der Waals surface area (Å²) < 4.78 is 10.8. The highest BCUT2D eigenvalue weighted by Gasteiger charge is 2.30. The van der Waals surface area contributed by atoms with E-state index in [4.69, 9.17) is 9.47 Å². The Balaban J connectivity index is 1.83. The van der Waals surface area contributed by atoms with Crippen LogP contribution in [0.5, 0.6) is 5.75 Å². The number of benzene rings is 3. The van der Waals surface area contributed by atoms with Gasteiger partial charge in [0, 0.05) is 12.1 Å². The quantitative estimate of drug-likeness (QED) is 0.413. The largest absolute Gasteiger partial charge is 0.508 e. The zero-order chi connectivity index (χ0) is 26.8. The third-order valence-electron chi connectivity index (χ3n) is 5.23. The molecule has 37 heavy (non-hydrogen) atoms. The number of esters is 1. The predicted octanol–water partition coefficient (Wildman–Crippen LogP) is 4.60. The van der Waals surface area contributed by atoms with E-state index in [1.165, 1.54) is 17.0 Å². The van der Waals surface area contributed by atoms with E-state index in [-0.39, 0.29) is 25.3 Å². The molecule has 0 heterocycles. The Labute approximate surface area is 216 Å². The minimum absolute atomic E-state index is 0.0730. The van der Waals surface area contributed by atoms with Gasteiger partial charge in [-0.05, 0) is 56.2 Å². The summed E-state index contributed by atoms with van der Waals surface area (Å²) in [5.41, 5.74) is 1.24. The van der Waals surface area contributed by atoms with Crippen LogP contribution in [-0.2, 0) is 32.1 Å². The van der Waals surface area contributed by atoms with Gasteiger partial charge in [-0.3, -0.25) is 14.5 Å². The second kappa shape index (κ2) is 12.6. The van der Waals surface area contributed by atoms with E-state index in [1.807, 2.05) is 30.3 Å². The molecule has 0 bridgehead atoms. The van der Waals surface area contributed by atoms with Crippen LogP contribution in [0.25, 0.3) is 0 Å². The van der Waals surface area contributed by atoms with Crippen LogP contribution in [-0.4, -0.2) is 41.3 Å². The molecule has 0 fully saturated rings. The Bertz CT molecular complexity index is 1170. The average Bonchev–Trinajstić information content (AvgIpc) is 2.86. The number of phenols is 1. The summed E-state index contributed by atoms with van der Waals surface area (Å²) in [5, 5.41) is 12.3. The van der Waals surface area contributed by atoms with E-state index in [0.29, 0.717) is 11.3 Å². The zero-order valence-corrected chi connectivity index (χ0v) is 21.2. The minimum Gasteiger partial charge on any atom is -0.508 e. The van der Waals surface area contributed by atoms with Gasteiger partial charge in [0.1, 0.15) is 30.5 Å². The molecule has 0 aliphatic rings. The molecule has 8 nitrogen and oxygen atoms in total. The van der Waals surface area contributed by atoms with Crippen molar-refractivity contribution in [3.8, 4) is 5.75 Å². The first-order valence-corrected chi connectivity index (χ1v) is 11.9. The Morgan fingerprint density at radius 2 is 1.46 bits per heavy atom. The SMILES string of the molecule is CC(C)(C)OC(=O)N[C@@H](Cc1ccc(O)cc1)C(=O)N(CC(=O)OCc1ccccc1)c1ccccc1. The van der Waals surface area contributed by atoms with Crippen molar-refractivity contribution in [2.45, 2.75) is 45.4 Å². The van der Waals surface area contributed by atoms with E-state index in [1.54, 1.807) is 63.2 Å². The van der Waals surface area contributed by atoms with Crippen LogP contribution in [0.15, 0.2) is 84.9 Å². The zero-order valence-electron chi connectivity index (χ0n) is 21.2. The van der Waals surface area contributed by atoms with Crippen LogP contribution in [0.1, 0.15) is 31.9 Å². The van der Waals surface area contributed by atoms with Crippen molar-refractivity contribution in [1.82, 2.24) is 5.32 Å². The monoisotopic (exact) mass is 504 g/mol. The summed E-state index contributed by atoms with van der Waals surface area (Å²) in [7, 11) is 0. The van der Waals surface area contributed by atoms with Gasteiger partial charge in [-0.15, -0.1) is 0 Å². The highest BCUT2D eigenvalue weighted by molar-refractivity contribution is 6.02. The molecule has 0 radical (unpaired) electrons. The fourth-order valence-corrected chi connectivity index (χ4v) is 3.52. The summed E-state index contributed by atoms with van der Waals surface area (Å²) >= 11 is 0. The number of alkyl carbamates (subject to hydrolysis) is 1. The van der Waals surface area contributed by atoms with Gasteiger partial charge in [0.2, 0.25) is 0 Å². The number of hydrogen-bond acceptors (Lipinski definition) is 6. The van der Waals surface area contributed by atoms with Gasteiger partial charge in [-0.25, -0.2) is 4.79 Å². The first-order chi connectivity index (χ1) is 17.6. The molecule has 2 N–H and O–H groups in total. The van der Waals surface area contributed by atoms with E-state index >= 15 is 0 Å². The van der Waals surface area contributed by atoms with Crippen LogP contribution in [0.3, 0.4) is 0 Å². The maximum absolute atomic E-state index is 13.8. The lowest BCUT2D eigenvalue weighted by Gasteiger charge is -2.28. The van der Waals surface area contributed by atoms with Crippen LogP contribution < -0.4 is 10.2 Å². The first kappa shape index (κ1) is 27.3. The van der Waals surface area contributed by atoms with Gasteiger partial charge >= 0.3 is 12.1 Å². The van der Waals surface area contributed by atoms with Gasteiger partial charge in [0.05, 0.1) is 0 Å². The van der Waals surface area contributed by atoms with Crippen molar-refractivity contribution in [3.63, 3.8) is 0 Å². The van der Waals surface area contributed by atoms with Gasteiger partial charge in [0.25, 0.3) is 5.91 Å². The van der Waals surface area contributed by atoms with Gasteiger partial charge in [-0.2, -0.15) is 0 Å². The first-order valence-electron chi connectivity index (χ1n) is 11.9. The number of rotatable bonds is 9. The van der Waals surface area contributed by atoms with Crippen LogP contribution in [0.4, 0.5) is 10.5 Å². The molecule has 1 atom stereocenters. The standard InChI is InChI=1S/C29H32N2O6/c1-29(2,3)37-28(35)30-25(18-21-14-16-24(32)17-15-21)27(34)31(23-12-8-5-9-13-23)19-26(33)36-20-22-10-6-4-7-11-22/h4-17,25,32H,18-20H2,1-3H3,(H,30,35)/t25-/m0/s1. The molecule has 8 heteroatoms. The highest BCUT2D eigenvalue weighted by Crippen LogP contribution is 2.18. The fourth-order valence-electron chi connectivity index (χ4n) is 3.52. The Kier molecular flexibility index (Phi) is 9.27. The number of carbonyl (C=O) groups excluding carboxylic acids is 3. The van der Waals surface area contributed by atoms with E-state index in [0.717, 1.165) is 5.56 Å². The molecule has 3 aromatic carbocycles. The molecule has 2 amide bonds. The number of amides is 2. The number of ether oxygens (including phenoxy) is 2. The summed E-state index contributed by atoms with van der Waals surface area (Å²) in [4.78, 5) is 40.5. The Hall–Kier alpha value is -4.33. The second-order valence-electron chi connectivity index (χ2n) is 9.48. The summed E-state index contributed by atoms with van der Waals surface area (Å²) in [6.45, 7) is 4.90. The minimum atomic E-state index is -1.05. The van der Waals surface area contributed by atoms with Crippen molar-refractivity contribution in [3.05, 3.63) is 96.1 Å². The third-order valence-corrected chi connectivity index (χ3v) is 5.23. The van der Waals surface area contributed by atoms with Gasteiger partial charge < -0.3 is 19.9 Å². The number of nitrogens with one attached hydrogen (secondary N) is 1. The van der Waals surface area contributed by atoms with Crippen molar-refractivity contribution in [1.29, 1.82) is 0 Å². The summed E-state index contributed by atoms with van der Waals surface area (Å²) in [6, 6.07) is 23.2. The molecule has 0 unspecified atom stereocenters. The number of carbonyl (C=O) groups is 3. The lowest BCUT2D eigenvalue weighted by atomic mass is 10.0. The number of aromatic hydroxyl groups is 1. The number of hydrogen-bond donors (Lipinski definition) is 2. The van der Waals surface area contributed by atoms with Crippen molar-refractivity contribution in [2.75, 3.05) is 11.4 Å². The number of para-hydroxylation sites is 1. The molecule has 0 aliphatic carbocycles. The highest BCUT2D eigenvalue weighted by atomic mass is 16.6. The Morgan fingerprint density at radius 1 is 0.865 bits per heavy atom. The molecule has 0 spiro atoms. The van der Waals surface area contributed by atoms with Crippen molar-refractivity contribution >= 4 is 23.7 Å². The lowest BCUT2D eigenvalue weighted by Crippen LogP contribution is -2.52. The predicted molar refractivity (Wildman–Crippen MR) is 140 cm³/mol. The molecule has 0 aliphatic heterocycles. The molecule has 194 valence electrons. The van der Waals surface area contributed by atoms with E-state index < -0.39 is 29.6 Å². The average molecular weight is 505 g/mol. The number of nitrogens with zero attached hydrogens (tertiary/aromatic N) is 1. The van der Waals surface area contributed by atoms with E-state index in [9.17, 15) is 19.5 Å². The normalized spacial score (nSPS) is 11.8. The third kappa shape index (κ3) is 9.00. The molecular weight excluding hydrogens is 472 g/mol. The topological polar surface area (TPSA) is 105 Å². The molecule has 0 aromatic heterocycles. The van der Waals surface area contributed by atoms with Crippen LogP contribution >= 0.6 is 0 Å². The Morgan fingerprint density at radius 3 is 2.05 bits per heavy atom. The van der Waals surface area contributed by atoms with Crippen molar-refractivity contribution < 1.29 is 29.0 Å². The summed E-state index contributed by atoms with van der Waals surface area (Å²) in [5.74, 6) is -1.03. The summed E-state index contributed by atoms with van der Waals surface area (Å²) in [6.07, 6.45) is -0.648. The molecule has 3 rings (SSSR count). The van der Waals surface area contributed by atoms with Gasteiger partial charge in [0.15, 0.2) is 0 Å². The van der Waals surface area contributed by atoms with Crippen LogP contribution in [0, 0.1) is 0 Å². The van der Waals surface area contributed by atoms with E-state index in [2.05, 4.69) is 5.32 Å². The van der Waals surface area contributed by atoms with Crippen LogP contribution in [0.2, 0.25) is 0 Å². The smallest absolute Gasteiger partial charge is 0.408 e. The van der Waals surface area contributed by atoms with Gasteiger partial charge in [-0.1, -0.05) is 60.7 Å². The number of phenolic OH excluding ortho intramolecular Hbond substituents is 1. The lowest BCUT2D eigenvalue weighted by molar-refractivity contribution is -0.144. The molecule has 0 saturated heterocycles. The maximum atomic E-state index is 13.8. The number of anilines is 1. The maximum Gasteiger partial charge on any atom is 0.408 e. The molecule has 3 aromatic rings. The molecular formula is C29H32N2O6. The van der Waals surface area contributed by atoms with Crippen molar-refractivity contribution in [2.24, 2.45) is 0 Å². The second-order valence-corrected chi connectivity index (χ2v) is 9.48. The fraction of sp³-hybridized carbons (Fsp3) is 0.276. The molecule has 0 saturated carbocycles.